The summed E-state index contributed by atoms with van der Waals surface area (Å²) in [5, 5.41) is 4.58. The van der Waals surface area contributed by atoms with Crippen LogP contribution in [0.15, 0.2) is 0 Å². The molecule has 0 aliphatic rings. The first-order valence-corrected chi connectivity index (χ1v) is 8.28. The summed E-state index contributed by atoms with van der Waals surface area (Å²) in [5.41, 5.74) is 8.18. The number of anilines is 1. The lowest BCUT2D eigenvalue weighted by Crippen LogP contribution is -2.31. The van der Waals surface area contributed by atoms with Crippen molar-refractivity contribution in [1.29, 1.82) is 0 Å². The van der Waals surface area contributed by atoms with E-state index in [1.807, 2.05) is 11.7 Å². The topological polar surface area (TPSA) is 50.3 Å². The largest absolute Gasteiger partial charge is 0.357 e. The van der Waals surface area contributed by atoms with E-state index < -0.39 is 0 Å². The molecule has 0 spiro atoms. The lowest BCUT2D eigenvalue weighted by atomic mass is 10.1. The van der Waals surface area contributed by atoms with Crippen molar-refractivity contribution in [2.45, 2.75) is 40.5 Å². The number of hydrogen-bond donors (Lipinski definition) is 1. The van der Waals surface area contributed by atoms with Crippen LogP contribution in [-0.4, -0.2) is 53.9 Å². The molecule has 0 radical (unpaired) electrons. The van der Waals surface area contributed by atoms with E-state index in [4.69, 9.17) is 5.73 Å². The Bertz CT molecular complexity index is 409. The first kappa shape index (κ1) is 18.0. The summed E-state index contributed by atoms with van der Waals surface area (Å²) in [4.78, 5) is 4.91. The Labute approximate surface area is 130 Å². The molecule has 0 aliphatic carbocycles. The van der Waals surface area contributed by atoms with E-state index in [1.165, 1.54) is 17.8 Å². The smallest absolute Gasteiger partial charge is 0.130 e. The van der Waals surface area contributed by atoms with Gasteiger partial charge in [-0.1, -0.05) is 13.8 Å². The van der Waals surface area contributed by atoms with Crippen LogP contribution in [0.4, 0.5) is 5.82 Å². The van der Waals surface area contributed by atoms with Crippen LogP contribution in [0.1, 0.15) is 38.4 Å². The first-order valence-electron chi connectivity index (χ1n) is 8.28. The molecule has 0 bridgehead atoms. The van der Waals surface area contributed by atoms with Gasteiger partial charge in [-0.05, 0) is 52.9 Å². The van der Waals surface area contributed by atoms with Crippen molar-refractivity contribution in [3.8, 4) is 0 Å². The highest BCUT2D eigenvalue weighted by molar-refractivity contribution is 5.50. The normalized spacial score (nSPS) is 11.4. The van der Waals surface area contributed by atoms with Crippen LogP contribution in [0.3, 0.4) is 0 Å². The maximum absolute atomic E-state index is 5.76. The van der Waals surface area contributed by atoms with Gasteiger partial charge in [-0.25, -0.2) is 0 Å². The Hall–Kier alpha value is -1.07. The number of hydrogen-bond acceptors (Lipinski definition) is 4. The van der Waals surface area contributed by atoms with Crippen LogP contribution in [-0.2, 0) is 13.5 Å². The SMILES string of the molecule is CCN(CC)CCCN(CC)c1c(CCN)c(C)nn1C. The fourth-order valence-electron chi connectivity index (χ4n) is 2.96. The van der Waals surface area contributed by atoms with Crippen LogP contribution in [0, 0.1) is 6.92 Å². The highest BCUT2D eigenvalue weighted by Gasteiger charge is 2.17. The Morgan fingerprint density at radius 2 is 1.76 bits per heavy atom. The summed E-state index contributed by atoms with van der Waals surface area (Å²) in [5.74, 6) is 1.25. The molecule has 0 saturated heterocycles. The molecule has 2 N–H and O–H groups in total. The summed E-state index contributed by atoms with van der Waals surface area (Å²) in [7, 11) is 2.04. The van der Waals surface area contributed by atoms with E-state index >= 15 is 0 Å². The Morgan fingerprint density at radius 1 is 1.10 bits per heavy atom. The zero-order chi connectivity index (χ0) is 15.8. The van der Waals surface area contributed by atoms with Gasteiger partial charge in [-0.3, -0.25) is 4.68 Å². The minimum Gasteiger partial charge on any atom is -0.357 e. The summed E-state index contributed by atoms with van der Waals surface area (Å²) in [6.45, 7) is 14.9. The molecule has 1 aromatic heterocycles. The molecule has 1 aromatic rings. The van der Waals surface area contributed by atoms with Crippen molar-refractivity contribution in [2.75, 3.05) is 44.2 Å². The molecule has 0 fully saturated rings. The molecule has 0 saturated carbocycles. The molecule has 5 nitrogen and oxygen atoms in total. The second-order valence-electron chi connectivity index (χ2n) is 5.51. The number of rotatable bonds is 10. The fourth-order valence-corrected chi connectivity index (χ4v) is 2.96. The van der Waals surface area contributed by atoms with E-state index in [1.54, 1.807) is 0 Å². The van der Waals surface area contributed by atoms with Crippen molar-refractivity contribution in [3.63, 3.8) is 0 Å². The lowest BCUT2D eigenvalue weighted by Gasteiger charge is -2.26. The summed E-state index contributed by atoms with van der Waals surface area (Å²) < 4.78 is 2.02. The summed E-state index contributed by atoms with van der Waals surface area (Å²) in [6.07, 6.45) is 2.09. The van der Waals surface area contributed by atoms with Crippen LogP contribution >= 0.6 is 0 Å². The zero-order valence-corrected chi connectivity index (χ0v) is 14.5. The highest BCUT2D eigenvalue weighted by atomic mass is 15.4. The van der Waals surface area contributed by atoms with Crippen LogP contribution in [0.25, 0.3) is 0 Å². The van der Waals surface area contributed by atoms with Gasteiger partial charge in [0.1, 0.15) is 5.82 Å². The van der Waals surface area contributed by atoms with Crippen molar-refractivity contribution < 1.29 is 0 Å². The van der Waals surface area contributed by atoms with Crippen LogP contribution in [0.5, 0.6) is 0 Å². The van der Waals surface area contributed by atoms with E-state index in [0.29, 0.717) is 6.54 Å². The molecule has 0 atom stereocenters. The second kappa shape index (κ2) is 9.05. The summed E-state index contributed by atoms with van der Waals surface area (Å²) >= 11 is 0. The molecule has 1 heterocycles. The molecular formula is C16H33N5. The average molecular weight is 295 g/mol. The number of nitrogens with zero attached hydrogens (tertiary/aromatic N) is 4. The van der Waals surface area contributed by atoms with Gasteiger partial charge in [-0.15, -0.1) is 0 Å². The Morgan fingerprint density at radius 3 is 2.29 bits per heavy atom. The predicted molar refractivity (Wildman–Crippen MR) is 91.0 cm³/mol. The molecule has 0 aromatic carbocycles. The molecule has 1 rings (SSSR count). The standard InChI is InChI=1S/C16H33N5/c1-6-20(7-2)12-9-13-21(8-3)16-15(10-11-17)14(4)18-19(16)5/h6-13,17H2,1-5H3. The minimum atomic E-state index is 0.677. The van der Waals surface area contributed by atoms with E-state index in [2.05, 4.69) is 42.6 Å². The number of nitrogens with two attached hydrogens (primary N) is 1. The van der Waals surface area contributed by atoms with Gasteiger partial charge in [0.15, 0.2) is 0 Å². The van der Waals surface area contributed by atoms with Crippen molar-refractivity contribution in [3.05, 3.63) is 11.3 Å². The van der Waals surface area contributed by atoms with Gasteiger partial charge in [-0.2, -0.15) is 5.10 Å². The van der Waals surface area contributed by atoms with Gasteiger partial charge in [0.2, 0.25) is 0 Å². The Kier molecular flexibility index (Phi) is 7.75. The first-order chi connectivity index (χ1) is 10.1. The molecule has 5 heteroatoms. The van der Waals surface area contributed by atoms with Crippen LogP contribution in [0.2, 0.25) is 0 Å². The lowest BCUT2D eigenvalue weighted by molar-refractivity contribution is 0.300. The van der Waals surface area contributed by atoms with Gasteiger partial charge in [0.05, 0.1) is 5.69 Å². The van der Waals surface area contributed by atoms with Gasteiger partial charge in [0, 0.05) is 25.7 Å². The molecule has 21 heavy (non-hydrogen) atoms. The fraction of sp³-hybridized carbons (Fsp3) is 0.812. The van der Waals surface area contributed by atoms with Gasteiger partial charge in [0.25, 0.3) is 0 Å². The van der Waals surface area contributed by atoms with E-state index in [0.717, 1.165) is 44.8 Å². The zero-order valence-electron chi connectivity index (χ0n) is 14.5. The summed E-state index contributed by atoms with van der Waals surface area (Å²) in [6, 6.07) is 0. The molecular weight excluding hydrogens is 262 g/mol. The Balaban J connectivity index is 2.76. The molecule has 0 amide bonds. The third-order valence-electron chi connectivity index (χ3n) is 4.19. The van der Waals surface area contributed by atoms with E-state index in [9.17, 15) is 0 Å². The van der Waals surface area contributed by atoms with Crippen LogP contribution < -0.4 is 10.6 Å². The monoisotopic (exact) mass is 295 g/mol. The van der Waals surface area contributed by atoms with E-state index in [-0.39, 0.29) is 0 Å². The quantitative estimate of drug-likeness (QED) is 0.715. The minimum absolute atomic E-state index is 0.677. The molecule has 0 unspecified atom stereocenters. The van der Waals surface area contributed by atoms with Gasteiger partial charge >= 0.3 is 0 Å². The van der Waals surface area contributed by atoms with Crippen molar-refractivity contribution >= 4 is 5.82 Å². The van der Waals surface area contributed by atoms with Gasteiger partial charge < -0.3 is 15.5 Å². The van der Waals surface area contributed by atoms with Crippen molar-refractivity contribution in [1.82, 2.24) is 14.7 Å². The third kappa shape index (κ3) is 4.71. The predicted octanol–water partition coefficient (Wildman–Crippen LogP) is 1.79. The maximum atomic E-state index is 5.76. The number of aromatic nitrogens is 2. The number of aryl methyl sites for hydroxylation is 2. The average Bonchev–Trinajstić information content (AvgIpc) is 2.75. The molecule has 0 aliphatic heterocycles. The third-order valence-corrected chi connectivity index (χ3v) is 4.19. The maximum Gasteiger partial charge on any atom is 0.130 e. The highest BCUT2D eigenvalue weighted by Crippen LogP contribution is 2.23. The molecule has 122 valence electrons. The van der Waals surface area contributed by atoms with Crippen molar-refractivity contribution in [2.24, 2.45) is 12.8 Å². The second-order valence-corrected chi connectivity index (χ2v) is 5.51.